The zero-order valence-electron chi connectivity index (χ0n) is 16.6. The second-order valence-electron chi connectivity index (χ2n) is 7.24. The molecule has 1 fully saturated rings. The van der Waals surface area contributed by atoms with Crippen LogP contribution >= 0.6 is 7.75 Å². The Morgan fingerprint density at radius 3 is 2.37 bits per heavy atom. The average molecular weight is 408 g/mol. The fraction of sp³-hybridized carbons (Fsp3) is 0.812. The normalized spacial score (nSPS) is 25.5. The predicted octanol–water partition coefficient (Wildman–Crippen LogP) is 1.00. The summed E-state index contributed by atoms with van der Waals surface area (Å²) in [5.74, 6) is -1.87. The number of carbonyl (C=O) groups excluding carboxylic acids is 3. The SMILES string of the molecule is COC(=O)CCNC(=O)[C@@H]1OP(=O)(N[C@H](C(=O)OC)C(C)C)OCC1(C)C. The van der Waals surface area contributed by atoms with Crippen LogP contribution in [0.3, 0.4) is 0 Å². The summed E-state index contributed by atoms with van der Waals surface area (Å²) in [7, 11) is -1.47. The van der Waals surface area contributed by atoms with E-state index in [1.807, 2.05) is 0 Å². The Balaban J connectivity index is 2.86. The van der Waals surface area contributed by atoms with E-state index < -0.39 is 43.2 Å². The van der Waals surface area contributed by atoms with E-state index in [1.165, 1.54) is 14.2 Å². The highest BCUT2D eigenvalue weighted by Crippen LogP contribution is 2.53. The van der Waals surface area contributed by atoms with Crippen LogP contribution in [-0.2, 0) is 37.5 Å². The van der Waals surface area contributed by atoms with Gasteiger partial charge >= 0.3 is 19.7 Å². The minimum atomic E-state index is -3.94. The molecule has 0 saturated carbocycles. The van der Waals surface area contributed by atoms with Gasteiger partial charge in [0, 0.05) is 12.0 Å². The second kappa shape index (κ2) is 9.64. The molecule has 156 valence electrons. The molecule has 2 N–H and O–H groups in total. The zero-order valence-corrected chi connectivity index (χ0v) is 17.5. The number of hydrogen-bond donors (Lipinski definition) is 2. The fourth-order valence-electron chi connectivity index (χ4n) is 2.36. The summed E-state index contributed by atoms with van der Waals surface area (Å²) in [6.45, 7) is 6.95. The Morgan fingerprint density at radius 2 is 1.85 bits per heavy atom. The molecule has 0 spiro atoms. The first-order valence-corrected chi connectivity index (χ1v) is 10.1. The lowest BCUT2D eigenvalue weighted by molar-refractivity contribution is -0.144. The van der Waals surface area contributed by atoms with Crippen molar-refractivity contribution in [1.29, 1.82) is 0 Å². The van der Waals surface area contributed by atoms with Crippen LogP contribution in [0, 0.1) is 11.3 Å². The summed E-state index contributed by atoms with van der Waals surface area (Å²) >= 11 is 0. The first-order chi connectivity index (χ1) is 12.5. The molecule has 3 atom stereocenters. The Labute approximate surface area is 159 Å². The molecule has 0 aromatic carbocycles. The number of carbonyl (C=O) groups is 3. The molecule has 0 aliphatic carbocycles. The Bertz CT molecular complexity index is 607. The Kier molecular flexibility index (Phi) is 8.41. The van der Waals surface area contributed by atoms with Gasteiger partial charge in [-0.05, 0) is 5.92 Å². The maximum Gasteiger partial charge on any atom is 0.407 e. The summed E-state index contributed by atoms with van der Waals surface area (Å²) in [5.41, 5.74) is -0.774. The van der Waals surface area contributed by atoms with Crippen LogP contribution in [0.5, 0.6) is 0 Å². The number of ether oxygens (including phenoxy) is 2. The van der Waals surface area contributed by atoms with Crippen molar-refractivity contribution < 1.29 is 37.5 Å². The maximum absolute atomic E-state index is 13.0. The van der Waals surface area contributed by atoms with E-state index >= 15 is 0 Å². The third-order valence-corrected chi connectivity index (χ3v) is 5.63. The molecule has 1 rings (SSSR count). The molecule has 11 heteroatoms. The fourth-order valence-corrected chi connectivity index (χ4v) is 4.46. The molecule has 1 aliphatic rings. The van der Waals surface area contributed by atoms with E-state index in [0.29, 0.717) is 0 Å². The average Bonchev–Trinajstić information content (AvgIpc) is 2.61. The molecule has 1 saturated heterocycles. The number of amides is 1. The van der Waals surface area contributed by atoms with E-state index in [4.69, 9.17) is 13.8 Å². The van der Waals surface area contributed by atoms with Gasteiger partial charge in [0.2, 0.25) is 5.91 Å². The number of nitrogens with one attached hydrogen (secondary N) is 2. The monoisotopic (exact) mass is 408 g/mol. The van der Waals surface area contributed by atoms with E-state index in [1.54, 1.807) is 27.7 Å². The summed E-state index contributed by atoms with van der Waals surface area (Å²) in [6, 6.07) is -0.926. The molecule has 27 heavy (non-hydrogen) atoms. The van der Waals surface area contributed by atoms with E-state index in [-0.39, 0.29) is 25.5 Å². The van der Waals surface area contributed by atoms with Crippen LogP contribution in [0.1, 0.15) is 34.1 Å². The Hall–Kier alpha value is -1.48. The van der Waals surface area contributed by atoms with E-state index in [2.05, 4.69) is 15.1 Å². The van der Waals surface area contributed by atoms with Gasteiger partial charge < -0.3 is 14.8 Å². The molecular weight excluding hydrogens is 379 g/mol. The van der Waals surface area contributed by atoms with Crippen LogP contribution in [0.2, 0.25) is 0 Å². The van der Waals surface area contributed by atoms with Crippen LogP contribution < -0.4 is 10.4 Å². The van der Waals surface area contributed by atoms with Crippen LogP contribution in [0.4, 0.5) is 0 Å². The van der Waals surface area contributed by atoms with Crippen LogP contribution in [0.25, 0.3) is 0 Å². The summed E-state index contributed by atoms with van der Waals surface area (Å²) in [6.07, 6.45) is -1.10. The summed E-state index contributed by atoms with van der Waals surface area (Å²) in [5, 5.41) is 5.13. The van der Waals surface area contributed by atoms with Crippen LogP contribution in [-0.4, -0.2) is 57.4 Å². The highest BCUT2D eigenvalue weighted by molar-refractivity contribution is 7.51. The molecule has 0 aromatic heterocycles. The van der Waals surface area contributed by atoms with Gasteiger partial charge in [0.1, 0.15) is 6.04 Å². The van der Waals surface area contributed by atoms with Gasteiger partial charge in [-0.2, -0.15) is 0 Å². The third-order valence-electron chi connectivity index (χ3n) is 4.07. The number of hydrogen-bond acceptors (Lipinski definition) is 8. The topological polar surface area (TPSA) is 129 Å². The van der Waals surface area contributed by atoms with Gasteiger partial charge in [-0.15, -0.1) is 0 Å². The van der Waals surface area contributed by atoms with Crippen molar-refractivity contribution in [2.45, 2.75) is 46.3 Å². The highest BCUT2D eigenvalue weighted by Gasteiger charge is 2.49. The summed E-state index contributed by atoms with van der Waals surface area (Å²) in [4.78, 5) is 35.6. The van der Waals surface area contributed by atoms with Crippen molar-refractivity contribution in [1.82, 2.24) is 10.4 Å². The lowest BCUT2D eigenvalue weighted by Gasteiger charge is -2.41. The van der Waals surface area contributed by atoms with Gasteiger partial charge in [-0.1, -0.05) is 27.7 Å². The standard InChI is InChI=1S/C16H29N2O8P/c1-10(2)12(15(21)24-6)18-27(22)25-9-16(3,4)13(26-27)14(20)17-8-7-11(19)23-5/h10,12-13H,7-9H2,1-6H3,(H,17,20)(H,18,22)/t12-,13-,27?/m0/s1. The molecule has 10 nitrogen and oxygen atoms in total. The van der Waals surface area contributed by atoms with Gasteiger partial charge in [0.25, 0.3) is 0 Å². The number of esters is 2. The van der Waals surface area contributed by atoms with Crippen molar-refractivity contribution in [2.24, 2.45) is 11.3 Å². The lowest BCUT2D eigenvalue weighted by atomic mass is 9.87. The lowest BCUT2D eigenvalue weighted by Crippen LogP contribution is -2.52. The smallest absolute Gasteiger partial charge is 0.407 e. The van der Waals surface area contributed by atoms with Crippen LogP contribution in [0.15, 0.2) is 0 Å². The number of rotatable bonds is 8. The first kappa shape index (κ1) is 23.6. The van der Waals surface area contributed by atoms with E-state index in [9.17, 15) is 18.9 Å². The predicted molar refractivity (Wildman–Crippen MR) is 95.6 cm³/mol. The van der Waals surface area contributed by atoms with Gasteiger partial charge in [0.05, 0.1) is 27.2 Å². The van der Waals surface area contributed by atoms with Crippen molar-refractivity contribution in [3.05, 3.63) is 0 Å². The molecular formula is C16H29N2O8P. The van der Waals surface area contributed by atoms with Crippen molar-refractivity contribution in [2.75, 3.05) is 27.4 Å². The molecule has 0 bridgehead atoms. The van der Waals surface area contributed by atoms with Crippen molar-refractivity contribution in [3.63, 3.8) is 0 Å². The minimum Gasteiger partial charge on any atom is -0.469 e. The molecule has 1 aliphatic heterocycles. The van der Waals surface area contributed by atoms with Crippen molar-refractivity contribution in [3.8, 4) is 0 Å². The third kappa shape index (κ3) is 6.57. The highest BCUT2D eigenvalue weighted by atomic mass is 31.2. The Morgan fingerprint density at radius 1 is 1.22 bits per heavy atom. The minimum absolute atomic E-state index is 0.000433. The zero-order chi connectivity index (χ0) is 20.8. The number of methoxy groups -OCH3 is 2. The van der Waals surface area contributed by atoms with Crippen molar-refractivity contribution >= 4 is 25.6 Å². The van der Waals surface area contributed by atoms with Gasteiger partial charge in [-0.25, -0.2) is 9.65 Å². The molecule has 0 aromatic rings. The largest absolute Gasteiger partial charge is 0.469 e. The summed E-state index contributed by atoms with van der Waals surface area (Å²) < 4.78 is 33.1. The molecule has 1 unspecified atom stereocenters. The second-order valence-corrected chi connectivity index (χ2v) is 8.96. The quantitative estimate of drug-likeness (QED) is 0.446. The van der Waals surface area contributed by atoms with Gasteiger partial charge in [-0.3, -0.25) is 23.4 Å². The molecule has 1 amide bonds. The molecule has 0 radical (unpaired) electrons. The first-order valence-electron chi connectivity index (χ1n) is 8.59. The van der Waals surface area contributed by atoms with E-state index in [0.717, 1.165) is 0 Å². The van der Waals surface area contributed by atoms with Gasteiger partial charge in [0.15, 0.2) is 6.10 Å². The maximum atomic E-state index is 13.0. The molecule has 1 heterocycles.